The number of aromatic nitrogens is 2. The molecule has 0 bridgehead atoms. The molecule has 6 heteroatoms. The van der Waals surface area contributed by atoms with E-state index in [2.05, 4.69) is 32.5 Å². The number of hydrogen-bond donors (Lipinski definition) is 2. The summed E-state index contributed by atoms with van der Waals surface area (Å²) in [4.78, 5) is 11.0. The highest BCUT2D eigenvalue weighted by Gasteiger charge is 2.17. The van der Waals surface area contributed by atoms with Crippen molar-refractivity contribution in [2.75, 3.05) is 50.5 Å². The van der Waals surface area contributed by atoms with Gasteiger partial charge in [-0.25, -0.2) is 4.98 Å². The molecule has 2 heterocycles. The number of nitrogens with zero attached hydrogens (tertiary/aromatic N) is 3. The number of nitrogens with one attached hydrogen (secondary N) is 2. The lowest BCUT2D eigenvalue weighted by Gasteiger charge is -2.30. The summed E-state index contributed by atoms with van der Waals surface area (Å²) in [6, 6.07) is 1.95. The van der Waals surface area contributed by atoms with Gasteiger partial charge in [-0.2, -0.15) is 4.98 Å². The minimum absolute atomic E-state index is 0.219. The van der Waals surface area contributed by atoms with Crippen LogP contribution in [0, 0.1) is 6.92 Å². The van der Waals surface area contributed by atoms with Crippen molar-refractivity contribution >= 4 is 11.8 Å². The number of rotatable bonds is 5. The molecule has 1 aromatic heterocycles. The summed E-state index contributed by atoms with van der Waals surface area (Å²) in [5.41, 5.74) is 0.954. The van der Waals surface area contributed by atoms with Gasteiger partial charge < -0.3 is 20.3 Å². The van der Waals surface area contributed by atoms with Crippen LogP contribution in [0.4, 0.5) is 11.8 Å². The summed E-state index contributed by atoms with van der Waals surface area (Å²) in [6.45, 7) is 8.36. The Hall–Kier alpha value is -1.40. The molecule has 1 aliphatic heterocycles. The zero-order chi connectivity index (χ0) is 13.7. The second-order valence-electron chi connectivity index (χ2n) is 4.88. The molecule has 1 fully saturated rings. The minimum atomic E-state index is 0.219. The van der Waals surface area contributed by atoms with Gasteiger partial charge in [0.1, 0.15) is 5.82 Å². The molecule has 1 aliphatic rings. The van der Waals surface area contributed by atoms with E-state index in [-0.39, 0.29) is 6.10 Å². The van der Waals surface area contributed by atoms with Crippen LogP contribution in [0.15, 0.2) is 6.07 Å². The van der Waals surface area contributed by atoms with E-state index in [9.17, 15) is 0 Å². The van der Waals surface area contributed by atoms with Gasteiger partial charge in [0.05, 0.1) is 12.7 Å². The largest absolute Gasteiger partial charge is 0.374 e. The Morgan fingerprint density at radius 3 is 3.00 bits per heavy atom. The summed E-state index contributed by atoms with van der Waals surface area (Å²) in [7, 11) is 2.12. The maximum atomic E-state index is 5.71. The fraction of sp³-hybridized carbons (Fsp3) is 0.692. The van der Waals surface area contributed by atoms with Gasteiger partial charge in [0.2, 0.25) is 5.95 Å². The lowest BCUT2D eigenvalue weighted by Crippen LogP contribution is -2.43. The first kappa shape index (κ1) is 14.0. The third-order valence-corrected chi connectivity index (χ3v) is 3.04. The lowest BCUT2D eigenvalue weighted by molar-refractivity contribution is -0.0117. The Morgan fingerprint density at radius 1 is 1.42 bits per heavy atom. The van der Waals surface area contributed by atoms with Crippen molar-refractivity contribution in [1.29, 1.82) is 0 Å². The molecule has 2 N–H and O–H groups in total. The Balaban J connectivity index is 1.91. The van der Waals surface area contributed by atoms with E-state index >= 15 is 0 Å². The van der Waals surface area contributed by atoms with Crippen molar-refractivity contribution in [3.63, 3.8) is 0 Å². The predicted molar refractivity (Wildman–Crippen MR) is 76.7 cm³/mol. The molecular formula is C13H23N5O. The van der Waals surface area contributed by atoms with Gasteiger partial charge in [-0.1, -0.05) is 0 Å². The van der Waals surface area contributed by atoms with Crippen LogP contribution in [0.3, 0.4) is 0 Å². The molecule has 1 unspecified atom stereocenters. The van der Waals surface area contributed by atoms with Crippen LogP contribution in [0.1, 0.15) is 12.6 Å². The van der Waals surface area contributed by atoms with E-state index in [1.165, 1.54) is 0 Å². The van der Waals surface area contributed by atoms with Crippen LogP contribution in [-0.4, -0.2) is 60.8 Å². The molecule has 0 aliphatic carbocycles. The molecule has 6 nitrogen and oxygen atoms in total. The molecule has 19 heavy (non-hydrogen) atoms. The van der Waals surface area contributed by atoms with E-state index < -0.39 is 0 Å². The van der Waals surface area contributed by atoms with Crippen LogP contribution in [0.5, 0.6) is 0 Å². The number of morpholine rings is 1. The number of likely N-dealkylation sites (N-methyl/N-ethyl adjacent to an activating group) is 1. The summed E-state index contributed by atoms with van der Waals surface area (Å²) in [5, 5.41) is 6.46. The van der Waals surface area contributed by atoms with Crippen LogP contribution < -0.4 is 10.6 Å². The minimum Gasteiger partial charge on any atom is -0.374 e. The molecule has 0 saturated carbocycles. The van der Waals surface area contributed by atoms with Gasteiger partial charge in [0.25, 0.3) is 0 Å². The first-order valence-electron chi connectivity index (χ1n) is 6.81. The highest BCUT2D eigenvalue weighted by Crippen LogP contribution is 2.10. The summed E-state index contributed by atoms with van der Waals surface area (Å²) >= 11 is 0. The lowest BCUT2D eigenvalue weighted by atomic mass is 10.3. The smallest absolute Gasteiger partial charge is 0.224 e. The van der Waals surface area contributed by atoms with E-state index in [1.807, 2.05) is 19.9 Å². The van der Waals surface area contributed by atoms with Crippen LogP contribution in [0.2, 0.25) is 0 Å². The highest BCUT2D eigenvalue weighted by molar-refractivity contribution is 5.42. The maximum Gasteiger partial charge on any atom is 0.224 e. The van der Waals surface area contributed by atoms with Crippen molar-refractivity contribution in [3.05, 3.63) is 11.8 Å². The standard InChI is InChI=1S/C13H23N5O/c1-4-14-13-16-10(2)7-12(17-13)15-8-11-9-18(3)5-6-19-11/h7,11H,4-6,8-9H2,1-3H3,(H2,14,15,16,17). The van der Waals surface area contributed by atoms with Crippen molar-refractivity contribution in [3.8, 4) is 0 Å². The highest BCUT2D eigenvalue weighted by atomic mass is 16.5. The van der Waals surface area contributed by atoms with Crippen LogP contribution >= 0.6 is 0 Å². The summed E-state index contributed by atoms with van der Waals surface area (Å²) < 4.78 is 5.71. The fourth-order valence-electron chi connectivity index (χ4n) is 2.10. The Labute approximate surface area is 114 Å². The fourth-order valence-corrected chi connectivity index (χ4v) is 2.10. The van der Waals surface area contributed by atoms with Gasteiger partial charge in [0, 0.05) is 37.9 Å². The van der Waals surface area contributed by atoms with E-state index in [0.29, 0.717) is 5.95 Å². The SMILES string of the molecule is CCNc1nc(C)cc(NCC2CN(C)CCO2)n1. The topological polar surface area (TPSA) is 62.3 Å². The van der Waals surface area contributed by atoms with E-state index in [0.717, 1.165) is 44.3 Å². The molecular weight excluding hydrogens is 242 g/mol. The number of ether oxygens (including phenoxy) is 1. The zero-order valence-corrected chi connectivity index (χ0v) is 11.9. The molecule has 2 rings (SSSR count). The Bertz CT molecular complexity index is 412. The average molecular weight is 265 g/mol. The first-order valence-corrected chi connectivity index (χ1v) is 6.81. The van der Waals surface area contributed by atoms with Gasteiger partial charge in [-0.05, 0) is 20.9 Å². The first-order chi connectivity index (χ1) is 9.17. The molecule has 0 amide bonds. The van der Waals surface area contributed by atoms with Crippen molar-refractivity contribution in [2.45, 2.75) is 20.0 Å². The molecule has 1 aromatic rings. The summed E-state index contributed by atoms with van der Waals surface area (Å²) in [6.07, 6.45) is 0.219. The molecule has 0 aromatic carbocycles. The average Bonchev–Trinajstić information content (AvgIpc) is 2.36. The Kier molecular flexibility index (Phi) is 4.93. The number of aryl methyl sites for hydroxylation is 1. The zero-order valence-electron chi connectivity index (χ0n) is 11.9. The maximum absolute atomic E-state index is 5.71. The monoisotopic (exact) mass is 265 g/mol. The van der Waals surface area contributed by atoms with Crippen LogP contribution in [-0.2, 0) is 4.74 Å². The molecule has 0 radical (unpaired) electrons. The van der Waals surface area contributed by atoms with Gasteiger partial charge in [0.15, 0.2) is 0 Å². The number of anilines is 2. The number of hydrogen-bond acceptors (Lipinski definition) is 6. The van der Waals surface area contributed by atoms with E-state index in [1.54, 1.807) is 0 Å². The molecule has 0 spiro atoms. The third kappa shape index (κ3) is 4.33. The normalized spacial score (nSPS) is 20.3. The van der Waals surface area contributed by atoms with Gasteiger partial charge >= 0.3 is 0 Å². The predicted octanol–water partition coefficient (Wildman–Crippen LogP) is 0.959. The van der Waals surface area contributed by atoms with Crippen molar-refractivity contribution in [1.82, 2.24) is 14.9 Å². The van der Waals surface area contributed by atoms with Crippen LogP contribution in [0.25, 0.3) is 0 Å². The van der Waals surface area contributed by atoms with Gasteiger partial charge in [-0.3, -0.25) is 0 Å². The van der Waals surface area contributed by atoms with Crippen molar-refractivity contribution in [2.24, 2.45) is 0 Å². The van der Waals surface area contributed by atoms with Gasteiger partial charge in [-0.15, -0.1) is 0 Å². The second kappa shape index (κ2) is 6.68. The third-order valence-electron chi connectivity index (χ3n) is 3.04. The van der Waals surface area contributed by atoms with E-state index in [4.69, 9.17) is 4.74 Å². The molecule has 106 valence electrons. The Morgan fingerprint density at radius 2 is 2.26 bits per heavy atom. The molecule has 1 atom stereocenters. The second-order valence-corrected chi connectivity index (χ2v) is 4.88. The molecule has 1 saturated heterocycles. The quantitative estimate of drug-likeness (QED) is 0.827. The van der Waals surface area contributed by atoms with Crippen molar-refractivity contribution < 1.29 is 4.74 Å². The summed E-state index contributed by atoms with van der Waals surface area (Å²) in [5.74, 6) is 1.52.